The number of ketones is 1. The number of allylic oxidation sites excluding steroid dienone is 4. The van der Waals surface area contributed by atoms with Crippen LogP contribution in [0.1, 0.15) is 93.8 Å². The lowest BCUT2D eigenvalue weighted by molar-refractivity contribution is -0.136. The molecule has 3 N–H and O–H groups in total. The molecule has 7 rings (SSSR count). The number of benzene rings is 3. The van der Waals surface area contributed by atoms with Crippen molar-refractivity contribution < 1.29 is 42.6 Å². The molecule has 3 aromatic rings. The molecule has 3 aromatic carbocycles. The highest BCUT2D eigenvalue weighted by Crippen LogP contribution is 2.33. The molecule has 1 aliphatic carbocycles. The Balaban J connectivity index is 0.738. The second kappa shape index (κ2) is 22.6. The fourth-order valence-corrected chi connectivity index (χ4v) is 9.33. The van der Waals surface area contributed by atoms with E-state index in [-0.39, 0.29) is 81.0 Å². The number of likely N-dealkylation sites (N-methyl/N-ethyl adjacent to an activating group) is 1. The molecule has 2 saturated heterocycles. The van der Waals surface area contributed by atoms with Crippen molar-refractivity contribution in [2.24, 2.45) is 0 Å². The van der Waals surface area contributed by atoms with Crippen LogP contribution in [0.3, 0.4) is 0 Å². The minimum atomic E-state index is -1.05. The van der Waals surface area contributed by atoms with Crippen molar-refractivity contribution in [2.45, 2.75) is 82.8 Å². The third-order valence-electron chi connectivity index (χ3n) is 12.9. The van der Waals surface area contributed by atoms with Gasteiger partial charge in [0.05, 0.1) is 37.5 Å². The van der Waals surface area contributed by atoms with Gasteiger partial charge in [0.15, 0.2) is 5.78 Å². The molecule has 0 spiro atoms. The summed E-state index contributed by atoms with van der Waals surface area (Å²) in [6, 6.07) is 18.2. The number of amides is 5. The number of rotatable bonds is 20. The maximum absolute atomic E-state index is 14.7. The molecule has 3 aliphatic heterocycles. The number of carbonyl (C=O) groups is 6. The number of Topliss-reactive ketones (excluding diaryl/α,β-unsaturated/α-hetero) is 1. The monoisotopic (exact) mass is 904 g/mol. The van der Waals surface area contributed by atoms with Crippen molar-refractivity contribution >= 4 is 41.0 Å². The third kappa shape index (κ3) is 12.3. The largest absolute Gasteiger partial charge is 0.377 e. The second-order valence-electron chi connectivity index (χ2n) is 17.9. The lowest BCUT2D eigenvalue weighted by Gasteiger charge is -2.27. The number of imide groups is 2. The molecule has 0 bridgehead atoms. The van der Waals surface area contributed by atoms with Crippen LogP contribution in [0.25, 0.3) is 0 Å². The topological polar surface area (TPSA) is 167 Å². The van der Waals surface area contributed by atoms with Gasteiger partial charge in [0.1, 0.15) is 18.5 Å². The van der Waals surface area contributed by atoms with Gasteiger partial charge in [-0.3, -0.25) is 43.9 Å². The molecule has 2 unspecified atom stereocenters. The van der Waals surface area contributed by atoms with Crippen LogP contribution in [0.2, 0.25) is 0 Å². The molecular weight excluding hydrogens is 844 g/mol. The predicted molar refractivity (Wildman–Crippen MR) is 247 cm³/mol. The van der Waals surface area contributed by atoms with Crippen LogP contribution < -0.4 is 16.0 Å². The summed E-state index contributed by atoms with van der Waals surface area (Å²) in [7, 11) is 4.26. The Hall–Kier alpha value is -5.87. The zero-order valence-electron chi connectivity index (χ0n) is 38.2. The van der Waals surface area contributed by atoms with Gasteiger partial charge in [0.25, 0.3) is 11.8 Å². The van der Waals surface area contributed by atoms with Gasteiger partial charge in [-0.25, -0.2) is 4.39 Å². The Labute approximate surface area is 385 Å². The number of aryl methyl sites for hydroxylation is 1. The Bertz CT molecular complexity index is 2340. The molecule has 0 saturated carbocycles. The molecule has 4 aliphatic rings. The summed E-state index contributed by atoms with van der Waals surface area (Å²) in [6.07, 6.45) is 9.51. The number of carbonyl (C=O) groups excluding carboxylic acids is 6. The van der Waals surface area contributed by atoms with Crippen molar-refractivity contribution in [2.75, 3.05) is 72.0 Å². The summed E-state index contributed by atoms with van der Waals surface area (Å²) in [6.45, 7) is 5.33. The minimum Gasteiger partial charge on any atom is -0.377 e. The molecule has 14 nitrogen and oxygen atoms in total. The van der Waals surface area contributed by atoms with Gasteiger partial charge in [0, 0.05) is 62.2 Å². The normalized spacial score (nSPS) is 21.7. The first kappa shape index (κ1) is 48.1. The van der Waals surface area contributed by atoms with Crippen molar-refractivity contribution in [3.8, 4) is 0 Å². The lowest BCUT2D eigenvalue weighted by Crippen LogP contribution is -2.54. The molecule has 3 atom stereocenters. The molecular formula is C51H61FN6O8. The zero-order chi connectivity index (χ0) is 46.7. The van der Waals surface area contributed by atoms with E-state index in [2.05, 4.69) is 76.3 Å². The number of nitrogens with one attached hydrogen (secondary N) is 3. The molecule has 2 fully saturated rings. The van der Waals surface area contributed by atoms with E-state index < -0.39 is 29.7 Å². The van der Waals surface area contributed by atoms with Gasteiger partial charge in [-0.2, -0.15) is 0 Å². The fraction of sp³-hybridized carbons (Fsp3) is 0.451. The number of nitrogens with zero attached hydrogens (tertiary/aromatic N) is 3. The van der Waals surface area contributed by atoms with Crippen LogP contribution >= 0.6 is 0 Å². The average Bonchev–Trinajstić information content (AvgIpc) is 3.82. The summed E-state index contributed by atoms with van der Waals surface area (Å²) >= 11 is 0. The smallest absolute Gasteiger partial charge is 0.262 e. The Morgan fingerprint density at radius 3 is 2.36 bits per heavy atom. The number of hydrogen-bond donors (Lipinski definition) is 3. The van der Waals surface area contributed by atoms with E-state index in [1.165, 1.54) is 28.8 Å². The number of halogens is 1. The quantitative estimate of drug-likeness (QED) is 0.0770. The summed E-state index contributed by atoms with van der Waals surface area (Å²) in [5.41, 5.74) is 7.67. The van der Waals surface area contributed by atoms with Gasteiger partial charge in [-0.05, 0) is 100 Å². The number of likely N-dealkylation sites (tertiary alicyclic amines) is 1. The SMILES string of the molecule is Cc1cccc(F)c1CN1CC(c2ccc(C/C3=C/CC/C(CC(=O)COCCOCCNC(=O)CNc4ccc5c(c4)C(=O)N(C4CCC(=O)NC4=O)C5=O)=C\CC3)cc2)[C@@H](N(C)C)C1. The van der Waals surface area contributed by atoms with E-state index in [1.807, 2.05) is 13.0 Å². The highest BCUT2D eigenvalue weighted by Gasteiger charge is 2.44. The number of fused-ring (bicyclic) bond motifs is 1. The van der Waals surface area contributed by atoms with Gasteiger partial charge in [0.2, 0.25) is 17.7 Å². The van der Waals surface area contributed by atoms with Crippen molar-refractivity contribution in [1.82, 2.24) is 25.3 Å². The first-order valence-corrected chi connectivity index (χ1v) is 23.0. The van der Waals surface area contributed by atoms with Crippen LogP contribution in [-0.2, 0) is 41.6 Å². The average molecular weight is 905 g/mol. The van der Waals surface area contributed by atoms with Crippen LogP contribution in [0, 0.1) is 12.7 Å². The van der Waals surface area contributed by atoms with Gasteiger partial charge >= 0.3 is 0 Å². The standard InChI is InChI=1S/C51H61FN6O8/c1-33-7-4-12-44(52)42(33)29-57-30-43(46(31-57)56(2)3)37-15-13-36(14-16-37)25-34-8-5-10-35(11-6-9-34)26-39(59)32-66-24-23-65-22-21-53-48(61)28-54-38-17-18-40-41(27-38)51(64)58(50(40)63)45-19-20-47(60)55-49(45)62/h4,7-8,11-18,27,43,45-46,54H,5-6,9-10,19-26,28-32H2,1-3H3,(H,53,61)(H,55,60,62)/b34-8+,35-11+/t43?,45?,46-/m0/s1. The van der Waals surface area contributed by atoms with Crippen molar-refractivity contribution in [1.29, 1.82) is 0 Å². The lowest BCUT2D eigenvalue weighted by atomic mass is 9.90. The van der Waals surface area contributed by atoms with E-state index in [4.69, 9.17) is 9.47 Å². The van der Waals surface area contributed by atoms with Crippen LogP contribution in [0.15, 0.2) is 84.0 Å². The van der Waals surface area contributed by atoms with Crippen LogP contribution in [0.4, 0.5) is 10.1 Å². The fourth-order valence-electron chi connectivity index (χ4n) is 9.33. The summed E-state index contributed by atoms with van der Waals surface area (Å²) in [5, 5.41) is 7.85. The maximum Gasteiger partial charge on any atom is 0.262 e. The molecule has 3 heterocycles. The van der Waals surface area contributed by atoms with E-state index in [1.54, 1.807) is 18.2 Å². The molecule has 66 heavy (non-hydrogen) atoms. The Kier molecular flexibility index (Phi) is 16.4. The van der Waals surface area contributed by atoms with E-state index in [0.717, 1.165) is 66.8 Å². The Morgan fingerprint density at radius 1 is 0.864 bits per heavy atom. The first-order chi connectivity index (χ1) is 31.8. The number of anilines is 1. The van der Waals surface area contributed by atoms with Crippen LogP contribution in [-0.4, -0.2) is 129 Å². The number of ether oxygens (including phenoxy) is 2. The third-order valence-corrected chi connectivity index (χ3v) is 12.9. The second-order valence-corrected chi connectivity index (χ2v) is 17.9. The zero-order valence-corrected chi connectivity index (χ0v) is 38.2. The van der Waals surface area contributed by atoms with Gasteiger partial charge in [-0.15, -0.1) is 0 Å². The summed E-state index contributed by atoms with van der Waals surface area (Å²) in [5.74, 6) is -2.41. The van der Waals surface area contributed by atoms with Gasteiger partial charge < -0.3 is 25.0 Å². The van der Waals surface area contributed by atoms with E-state index >= 15 is 0 Å². The summed E-state index contributed by atoms with van der Waals surface area (Å²) in [4.78, 5) is 80.5. The maximum atomic E-state index is 14.7. The minimum absolute atomic E-state index is 0.0109. The predicted octanol–water partition coefficient (Wildman–Crippen LogP) is 5.25. The highest BCUT2D eigenvalue weighted by molar-refractivity contribution is 6.23. The Morgan fingerprint density at radius 2 is 1.61 bits per heavy atom. The van der Waals surface area contributed by atoms with Crippen LogP contribution in [0.5, 0.6) is 0 Å². The molecule has 15 heteroatoms. The molecule has 5 amide bonds. The van der Waals surface area contributed by atoms with Gasteiger partial charge in [-0.1, -0.05) is 59.7 Å². The number of piperidine rings is 1. The molecule has 350 valence electrons. The molecule has 0 aromatic heterocycles. The van der Waals surface area contributed by atoms with Crippen molar-refractivity contribution in [3.63, 3.8) is 0 Å². The van der Waals surface area contributed by atoms with E-state index in [0.29, 0.717) is 30.6 Å². The first-order valence-electron chi connectivity index (χ1n) is 23.0. The number of hydrogen-bond acceptors (Lipinski definition) is 11. The van der Waals surface area contributed by atoms with E-state index in [9.17, 15) is 33.2 Å². The highest BCUT2D eigenvalue weighted by atomic mass is 19.1. The van der Waals surface area contributed by atoms with Crippen molar-refractivity contribution in [3.05, 3.63) is 123 Å². The summed E-state index contributed by atoms with van der Waals surface area (Å²) < 4.78 is 25.8. The molecule has 0 radical (unpaired) electrons.